The quantitative estimate of drug-likeness (QED) is 0.654. The fourth-order valence-corrected chi connectivity index (χ4v) is 4.93. The highest BCUT2D eigenvalue weighted by Crippen LogP contribution is 2.48. The van der Waals surface area contributed by atoms with Gasteiger partial charge in [-0.05, 0) is 36.2 Å². The Morgan fingerprint density at radius 2 is 1.97 bits per heavy atom. The summed E-state index contributed by atoms with van der Waals surface area (Å²) in [5.74, 6) is 0.563. The number of rotatable bonds is 4. The molecule has 154 valence electrons. The maximum atomic E-state index is 13.4. The van der Waals surface area contributed by atoms with Gasteiger partial charge in [0.15, 0.2) is 0 Å². The van der Waals surface area contributed by atoms with Crippen molar-refractivity contribution in [3.63, 3.8) is 0 Å². The predicted molar refractivity (Wildman–Crippen MR) is 113 cm³/mol. The second kappa shape index (κ2) is 6.60. The third-order valence-electron chi connectivity index (χ3n) is 6.34. The molecule has 0 radical (unpaired) electrons. The SMILES string of the molecule is COc1ccc2[nH]c3c(c2c1)C[C@@]1(C)C(=O)N(CCN)C(=O)N1[C@@H]3c1ccccc1. The van der Waals surface area contributed by atoms with Gasteiger partial charge >= 0.3 is 6.03 Å². The molecule has 0 bridgehead atoms. The smallest absolute Gasteiger partial charge is 0.328 e. The van der Waals surface area contributed by atoms with Gasteiger partial charge in [-0.1, -0.05) is 30.3 Å². The number of ether oxygens (including phenoxy) is 1. The Morgan fingerprint density at radius 3 is 2.67 bits per heavy atom. The third kappa shape index (κ3) is 2.42. The number of aromatic nitrogens is 1. The third-order valence-corrected chi connectivity index (χ3v) is 6.34. The molecule has 1 saturated heterocycles. The fourth-order valence-electron chi connectivity index (χ4n) is 4.93. The number of hydrogen-bond acceptors (Lipinski definition) is 4. The number of benzene rings is 2. The van der Waals surface area contributed by atoms with Crippen LogP contribution >= 0.6 is 0 Å². The molecule has 0 saturated carbocycles. The lowest BCUT2D eigenvalue weighted by Crippen LogP contribution is -2.53. The zero-order valence-electron chi connectivity index (χ0n) is 17.0. The minimum atomic E-state index is -0.974. The number of methoxy groups -OCH3 is 1. The average molecular weight is 404 g/mol. The van der Waals surface area contributed by atoms with Crippen LogP contribution in [0.2, 0.25) is 0 Å². The summed E-state index contributed by atoms with van der Waals surface area (Å²) in [7, 11) is 1.64. The second-order valence-corrected chi connectivity index (χ2v) is 8.09. The number of imide groups is 1. The Kier molecular flexibility index (Phi) is 4.11. The van der Waals surface area contributed by atoms with Gasteiger partial charge in [0, 0.05) is 36.1 Å². The van der Waals surface area contributed by atoms with Crippen molar-refractivity contribution in [1.29, 1.82) is 0 Å². The number of aromatic amines is 1. The average Bonchev–Trinajstić information content (AvgIpc) is 3.20. The van der Waals surface area contributed by atoms with Gasteiger partial charge in [0.25, 0.3) is 5.91 Å². The van der Waals surface area contributed by atoms with Gasteiger partial charge in [-0.15, -0.1) is 0 Å². The molecule has 1 fully saturated rings. The van der Waals surface area contributed by atoms with Gasteiger partial charge in [0.2, 0.25) is 0 Å². The molecule has 2 atom stereocenters. The van der Waals surface area contributed by atoms with E-state index in [0.717, 1.165) is 33.5 Å². The molecule has 3 heterocycles. The van der Waals surface area contributed by atoms with Crippen LogP contribution in [0, 0.1) is 0 Å². The van der Waals surface area contributed by atoms with Crippen LogP contribution in [0.3, 0.4) is 0 Å². The molecular formula is C23H24N4O3. The summed E-state index contributed by atoms with van der Waals surface area (Å²) < 4.78 is 5.43. The minimum Gasteiger partial charge on any atom is -0.497 e. The highest BCUT2D eigenvalue weighted by molar-refractivity contribution is 6.08. The van der Waals surface area contributed by atoms with Crippen molar-refractivity contribution in [3.05, 3.63) is 65.4 Å². The van der Waals surface area contributed by atoms with Crippen LogP contribution in [-0.4, -0.2) is 52.5 Å². The maximum Gasteiger partial charge on any atom is 0.328 e. The zero-order valence-corrected chi connectivity index (χ0v) is 17.0. The van der Waals surface area contributed by atoms with E-state index in [9.17, 15) is 9.59 Å². The lowest BCUT2D eigenvalue weighted by atomic mass is 9.81. The first kappa shape index (κ1) is 18.7. The van der Waals surface area contributed by atoms with Crippen molar-refractivity contribution < 1.29 is 14.3 Å². The predicted octanol–water partition coefficient (Wildman–Crippen LogP) is 2.80. The number of carbonyl (C=O) groups excluding carboxylic acids is 2. The van der Waals surface area contributed by atoms with Gasteiger partial charge in [0.1, 0.15) is 17.3 Å². The van der Waals surface area contributed by atoms with Crippen LogP contribution in [0.4, 0.5) is 4.79 Å². The van der Waals surface area contributed by atoms with E-state index >= 15 is 0 Å². The Hall–Kier alpha value is -3.32. The standard InChI is InChI=1S/C23H24N4O3/c1-23-13-17-16-12-15(30-2)8-9-18(16)25-19(17)20(14-6-4-3-5-7-14)27(23)22(29)26(11-10-24)21(23)28/h3-9,12,20,25H,10-11,13,24H2,1-2H3/t20-,23+/m1/s1. The molecule has 5 rings (SSSR count). The molecule has 3 aromatic rings. The highest BCUT2D eigenvalue weighted by atomic mass is 16.5. The Labute approximate surface area is 174 Å². The summed E-state index contributed by atoms with van der Waals surface area (Å²) >= 11 is 0. The van der Waals surface area contributed by atoms with E-state index in [1.807, 2.05) is 55.5 Å². The molecule has 2 aromatic carbocycles. The summed E-state index contributed by atoms with van der Waals surface area (Å²) in [5, 5.41) is 1.02. The number of urea groups is 1. The molecule has 0 unspecified atom stereocenters. The maximum absolute atomic E-state index is 13.4. The lowest BCUT2D eigenvalue weighted by Gasteiger charge is -2.42. The highest BCUT2D eigenvalue weighted by Gasteiger charge is 2.59. The Morgan fingerprint density at radius 1 is 1.20 bits per heavy atom. The van der Waals surface area contributed by atoms with E-state index < -0.39 is 11.6 Å². The van der Waals surface area contributed by atoms with Gasteiger partial charge in [-0.2, -0.15) is 0 Å². The normalized spacial score (nSPS) is 23.1. The number of nitrogens with one attached hydrogen (secondary N) is 1. The van der Waals surface area contributed by atoms with Crippen molar-refractivity contribution in [3.8, 4) is 5.75 Å². The van der Waals surface area contributed by atoms with Crippen LogP contribution in [0.15, 0.2) is 48.5 Å². The summed E-state index contributed by atoms with van der Waals surface area (Å²) in [6, 6.07) is 15.0. The number of nitrogens with two attached hydrogens (primary N) is 1. The monoisotopic (exact) mass is 404 g/mol. The van der Waals surface area contributed by atoms with Crippen LogP contribution in [-0.2, 0) is 11.2 Å². The molecule has 3 N–H and O–H groups in total. The van der Waals surface area contributed by atoms with Crippen LogP contribution in [0.5, 0.6) is 5.75 Å². The number of nitrogens with zero attached hydrogens (tertiary/aromatic N) is 2. The van der Waals surface area contributed by atoms with E-state index in [-0.39, 0.29) is 25.0 Å². The second-order valence-electron chi connectivity index (χ2n) is 8.09. The summed E-state index contributed by atoms with van der Waals surface area (Å²) in [4.78, 5) is 33.4. The first-order chi connectivity index (χ1) is 14.5. The molecule has 0 spiro atoms. The minimum absolute atomic E-state index is 0.193. The van der Waals surface area contributed by atoms with Gasteiger partial charge in [-0.3, -0.25) is 14.6 Å². The largest absolute Gasteiger partial charge is 0.497 e. The molecule has 7 heteroatoms. The lowest BCUT2D eigenvalue weighted by molar-refractivity contribution is -0.133. The van der Waals surface area contributed by atoms with E-state index in [0.29, 0.717) is 6.42 Å². The first-order valence-corrected chi connectivity index (χ1v) is 10.1. The molecule has 0 aliphatic carbocycles. The molecule has 30 heavy (non-hydrogen) atoms. The van der Waals surface area contributed by atoms with Crippen molar-refractivity contribution >= 4 is 22.8 Å². The van der Waals surface area contributed by atoms with E-state index in [4.69, 9.17) is 10.5 Å². The number of amides is 3. The molecule has 7 nitrogen and oxygen atoms in total. The summed E-state index contributed by atoms with van der Waals surface area (Å²) in [5.41, 5.74) is 8.63. The van der Waals surface area contributed by atoms with Crippen LogP contribution < -0.4 is 10.5 Å². The number of H-pyrrole nitrogens is 1. The summed E-state index contributed by atoms with van der Waals surface area (Å²) in [6.07, 6.45) is 0.435. The van der Waals surface area contributed by atoms with E-state index in [1.165, 1.54) is 4.90 Å². The van der Waals surface area contributed by atoms with Crippen molar-refractivity contribution in [2.45, 2.75) is 24.9 Å². The van der Waals surface area contributed by atoms with Gasteiger partial charge in [-0.25, -0.2) is 4.79 Å². The van der Waals surface area contributed by atoms with Crippen molar-refractivity contribution in [2.75, 3.05) is 20.2 Å². The van der Waals surface area contributed by atoms with Gasteiger partial charge < -0.3 is 15.5 Å². The molecule has 2 aliphatic rings. The Bertz CT molecular complexity index is 1160. The number of carbonyl (C=O) groups is 2. The van der Waals surface area contributed by atoms with Crippen LogP contribution in [0.25, 0.3) is 10.9 Å². The van der Waals surface area contributed by atoms with Crippen molar-refractivity contribution in [2.24, 2.45) is 5.73 Å². The number of hydrogen-bond donors (Lipinski definition) is 2. The van der Waals surface area contributed by atoms with E-state index in [2.05, 4.69) is 4.98 Å². The Balaban J connectivity index is 1.77. The van der Waals surface area contributed by atoms with Gasteiger partial charge in [0.05, 0.1) is 7.11 Å². The summed E-state index contributed by atoms with van der Waals surface area (Å²) in [6.45, 7) is 2.32. The molecular weight excluding hydrogens is 380 g/mol. The van der Waals surface area contributed by atoms with Crippen LogP contribution in [0.1, 0.15) is 29.8 Å². The topological polar surface area (TPSA) is 91.7 Å². The molecule has 3 amide bonds. The zero-order chi connectivity index (χ0) is 21.0. The van der Waals surface area contributed by atoms with Crippen molar-refractivity contribution in [1.82, 2.24) is 14.8 Å². The van der Waals surface area contributed by atoms with E-state index in [1.54, 1.807) is 12.0 Å². The first-order valence-electron chi connectivity index (χ1n) is 10.1. The molecule has 2 aliphatic heterocycles. The molecule has 1 aromatic heterocycles. The number of fused-ring (bicyclic) bond motifs is 4. The fraction of sp³-hybridized carbons (Fsp3) is 0.304.